The molecule has 0 spiro atoms. The van der Waals surface area contributed by atoms with Crippen molar-refractivity contribution in [1.82, 2.24) is 4.98 Å². The second kappa shape index (κ2) is 6.86. The van der Waals surface area contributed by atoms with Crippen LogP contribution in [0.5, 0.6) is 0 Å². The topological polar surface area (TPSA) is 75.0 Å². The highest BCUT2D eigenvalue weighted by Crippen LogP contribution is 2.20. The second-order valence-electron chi connectivity index (χ2n) is 4.69. The molecule has 100 valence electrons. The molecule has 5 nitrogen and oxygen atoms in total. The zero-order valence-electron chi connectivity index (χ0n) is 10.8. The van der Waals surface area contributed by atoms with Crippen LogP contribution in [0.15, 0.2) is 18.3 Å². The van der Waals surface area contributed by atoms with Gasteiger partial charge < -0.3 is 10.1 Å². The molecule has 0 aromatic carbocycles. The Morgan fingerprint density at radius 1 is 1.47 bits per heavy atom. The standard InChI is InChI=1S/C14H17N3O2/c15-9-12-1-3-13(16-10-12)17-14(18)4-2-11-5-7-19-8-6-11/h1,3,10-11H,2,4-8H2,(H,16,17,18). The minimum absolute atomic E-state index is 0.0244. The molecule has 0 atom stereocenters. The van der Waals surface area contributed by atoms with E-state index in [1.165, 1.54) is 6.20 Å². The Labute approximate surface area is 112 Å². The van der Waals surface area contributed by atoms with Crippen molar-refractivity contribution in [3.63, 3.8) is 0 Å². The summed E-state index contributed by atoms with van der Waals surface area (Å²) in [6, 6.07) is 5.27. The molecule has 1 aliphatic rings. The Morgan fingerprint density at radius 3 is 2.89 bits per heavy atom. The molecule has 0 bridgehead atoms. The van der Waals surface area contributed by atoms with E-state index in [4.69, 9.17) is 10.00 Å². The van der Waals surface area contributed by atoms with Crippen LogP contribution < -0.4 is 5.32 Å². The molecule has 1 saturated heterocycles. The van der Waals surface area contributed by atoms with Gasteiger partial charge in [0.1, 0.15) is 11.9 Å². The molecule has 1 fully saturated rings. The van der Waals surface area contributed by atoms with Crippen LogP contribution in [-0.2, 0) is 9.53 Å². The number of pyridine rings is 1. The summed E-state index contributed by atoms with van der Waals surface area (Å²) in [6.45, 7) is 1.62. The largest absolute Gasteiger partial charge is 0.381 e. The van der Waals surface area contributed by atoms with E-state index in [1.807, 2.05) is 6.07 Å². The molecular weight excluding hydrogens is 242 g/mol. The number of nitrogens with one attached hydrogen (secondary N) is 1. The first-order chi connectivity index (χ1) is 9.28. The maximum atomic E-state index is 11.8. The zero-order chi connectivity index (χ0) is 13.5. The molecule has 1 aliphatic heterocycles. The zero-order valence-corrected chi connectivity index (χ0v) is 10.8. The normalized spacial score (nSPS) is 15.7. The molecular formula is C14H17N3O2. The number of aromatic nitrogens is 1. The third-order valence-corrected chi connectivity index (χ3v) is 3.28. The lowest BCUT2D eigenvalue weighted by atomic mass is 9.95. The minimum Gasteiger partial charge on any atom is -0.381 e. The number of carbonyl (C=O) groups excluding carboxylic acids is 1. The summed E-state index contributed by atoms with van der Waals surface area (Å²) < 4.78 is 5.29. The Morgan fingerprint density at radius 2 is 2.26 bits per heavy atom. The van der Waals surface area contributed by atoms with Crippen molar-refractivity contribution in [3.05, 3.63) is 23.9 Å². The van der Waals surface area contributed by atoms with Crippen LogP contribution >= 0.6 is 0 Å². The highest BCUT2D eigenvalue weighted by Gasteiger charge is 2.15. The van der Waals surface area contributed by atoms with Gasteiger partial charge in [-0.15, -0.1) is 0 Å². The van der Waals surface area contributed by atoms with Gasteiger partial charge in [-0.25, -0.2) is 4.98 Å². The van der Waals surface area contributed by atoms with E-state index < -0.39 is 0 Å². The van der Waals surface area contributed by atoms with E-state index in [-0.39, 0.29) is 5.91 Å². The number of hydrogen-bond donors (Lipinski definition) is 1. The number of amides is 1. The first kappa shape index (κ1) is 13.5. The van der Waals surface area contributed by atoms with Gasteiger partial charge in [-0.3, -0.25) is 4.79 Å². The summed E-state index contributed by atoms with van der Waals surface area (Å²) in [5, 5.41) is 11.4. The van der Waals surface area contributed by atoms with Crippen molar-refractivity contribution in [2.45, 2.75) is 25.7 Å². The van der Waals surface area contributed by atoms with Gasteiger partial charge in [-0.1, -0.05) is 0 Å². The van der Waals surface area contributed by atoms with Crippen molar-refractivity contribution in [2.75, 3.05) is 18.5 Å². The number of rotatable bonds is 4. The van der Waals surface area contributed by atoms with Gasteiger partial charge in [0, 0.05) is 25.8 Å². The van der Waals surface area contributed by atoms with Crippen molar-refractivity contribution in [2.24, 2.45) is 5.92 Å². The van der Waals surface area contributed by atoms with Gasteiger partial charge in [-0.05, 0) is 37.3 Å². The van der Waals surface area contributed by atoms with Gasteiger partial charge in [0.2, 0.25) is 5.91 Å². The van der Waals surface area contributed by atoms with Crippen LogP contribution in [0, 0.1) is 17.2 Å². The summed E-state index contributed by atoms with van der Waals surface area (Å²) in [6.07, 6.45) is 4.94. The molecule has 0 unspecified atom stereocenters. The maximum Gasteiger partial charge on any atom is 0.225 e. The molecule has 2 rings (SSSR count). The number of nitriles is 1. The lowest BCUT2D eigenvalue weighted by Crippen LogP contribution is -2.19. The highest BCUT2D eigenvalue weighted by atomic mass is 16.5. The number of hydrogen-bond acceptors (Lipinski definition) is 4. The summed E-state index contributed by atoms with van der Waals surface area (Å²) >= 11 is 0. The van der Waals surface area contributed by atoms with E-state index in [9.17, 15) is 4.79 Å². The molecule has 0 radical (unpaired) electrons. The van der Waals surface area contributed by atoms with Crippen molar-refractivity contribution < 1.29 is 9.53 Å². The van der Waals surface area contributed by atoms with Crippen molar-refractivity contribution in [1.29, 1.82) is 5.26 Å². The van der Waals surface area contributed by atoms with Crippen LogP contribution in [0.3, 0.4) is 0 Å². The Kier molecular flexibility index (Phi) is 4.87. The predicted octanol–water partition coefficient (Wildman–Crippen LogP) is 2.10. The van der Waals surface area contributed by atoms with E-state index in [1.54, 1.807) is 12.1 Å². The SMILES string of the molecule is N#Cc1ccc(NC(=O)CCC2CCOCC2)nc1. The Bertz CT molecular complexity index is 459. The summed E-state index contributed by atoms with van der Waals surface area (Å²) in [4.78, 5) is 15.8. The smallest absolute Gasteiger partial charge is 0.225 e. The van der Waals surface area contributed by atoms with Gasteiger partial charge in [0.05, 0.1) is 5.56 Å². The molecule has 2 heterocycles. The highest BCUT2D eigenvalue weighted by molar-refractivity contribution is 5.89. The fourth-order valence-corrected chi connectivity index (χ4v) is 2.11. The first-order valence-electron chi connectivity index (χ1n) is 6.51. The van der Waals surface area contributed by atoms with Crippen LogP contribution in [0.1, 0.15) is 31.2 Å². The second-order valence-corrected chi connectivity index (χ2v) is 4.69. The molecule has 1 aromatic rings. The molecule has 0 aliphatic carbocycles. The quantitative estimate of drug-likeness (QED) is 0.898. The maximum absolute atomic E-state index is 11.8. The minimum atomic E-state index is -0.0244. The number of anilines is 1. The van der Waals surface area contributed by atoms with E-state index >= 15 is 0 Å². The van der Waals surface area contributed by atoms with Gasteiger partial charge in [-0.2, -0.15) is 5.26 Å². The van der Waals surface area contributed by atoms with E-state index in [0.29, 0.717) is 23.7 Å². The molecule has 1 N–H and O–H groups in total. The van der Waals surface area contributed by atoms with Crippen LogP contribution in [0.4, 0.5) is 5.82 Å². The Hall–Kier alpha value is -1.93. The van der Waals surface area contributed by atoms with Crippen molar-refractivity contribution in [3.8, 4) is 6.07 Å². The number of ether oxygens (including phenoxy) is 1. The van der Waals surface area contributed by atoms with E-state index in [0.717, 1.165) is 32.5 Å². The average Bonchev–Trinajstić information content (AvgIpc) is 2.47. The molecule has 1 amide bonds. The predicted molar refractivity (Wildman–Crippen MR) is 70.4 cm³/mol. The van der Waals surface area contributed by atoms with E-state index in [2.05, 4.69) is 10.3 Å². The molecule has 0 saturated carbocycles. The summed E-state index contributed by atoms with van der Waals surface area (Å²) in [7, 11) is 0. The first-order valence-corrected chi connectivity index (χ1v) is 6.51. The third-order valence-electron chi connectivity index (χ3n) is 3.28. The van der Waals surface area contributed by atoms with Crippen molar-refractivity contribution >= 4 is 11.7 Å². The molecule has 19 heavy (non-hydrogen) atoms. The Balaban J connectivity index is 1.75. The van der Waals surface area contributed by atoms with Gasteiger partial charge in [0.25, 0.3) is 0 Å². The lowest BCUT2D eigenvalue weighted by Gasteiger charge is -2.21. The average molecular weight is 259 g/mol. The number of nitrogens with zero attached hydrogens (tertiary/aromatic N) is 2. The number of carbonyl (C=O) groups is 1. The summed E-state index contributed by atoms with van der Waals surface area (Å²) in [5.41, 5.74) is 0.486. The van der Waals surface area contributed by atoms with Gasteiger partial charge in [0.15, 0.2) is 0 Å². The summed E-state index contributed by atoms with van der Waals surface area (Å²) in [5.74, 6) is 1.06. The fraction of sp³-hybridized carbons (Fsp3) is 0.500. The van der Waals surface area contributed by atoms with Crippen LogP contribution in [-0.4, -0.2) is 24.1 Å². The molecule has 5 heteroatoms. The lowest BCUT2D eigenvalue weighted by molar-refractivity contribution is -0.116. The third kappa shape index (κ3) is 4.34. The van der Waals surface area contributed by atoms with Crippen LogP contribution in [0.2, 0.25) is 0 Å². The van der Waals surface area contributed by atoms with Crippen LogP contribution in [0.25, 0.3) is 0 Å². The monoisotopic (exact) mass is 259 g/mol. The fourth-order valence-electron chi connectivity index (χ4n) is 2.11. The molecule has 1 aromatic heterocycles. The van der Waals surface area contributed by atoms with Gasteiger partial charge >= 0.3 is 0 Å².